The van der Waals surface area contributed by atoms with Crippen LogP contribution in [0.1, 0.15) is 35.4 Å². The van der Waals surface area contributed by atoms with Gasteiger partial charge in [-0.25, -0.2) is 4.98 Å². The molecule has 0 unspecified atom stereocenters. The first-order valence-electron chi connectivity index (χ1n) is 11.1. The summed E-state index contributed by atoms with van der Waals surface area (Å²) in [5.41, 5.74) is 0.943. The van der Waals surface area contributed by atoms with Crippen molar-refractivity contribution >= 4 is 50.0 Å². The lowest BCUT2D eigenvalue weighted by atomic mass is 9.91. The molecule has 2 N–H and O–H groups in total. The number of benzene rings is 2. The summed E-state index contributed by atoms with van der Waals surface area (Å²) in [5, 5.41) is 8.95. The molecule has 0 saturated heterocycles. The highest BCUT2D eigenvalue weighted by atomic mass is 32.1. The van der Waals surface area contributed by atoms with E-state index in [9.17, 15) is 4.79 Å². The molecule has 0 radical (unpaired) electrons. The molecule has 0 bridgehead atoms. The van der Waals surface area contributed by atoms with Crippen LogP contribution in [-0.2, 0) is 0 Å². The number of rotatable bonds is 5. The molecular formula is C25H27N5OS. The summed E-state index contributed by atoms with van der Waals surface area (Å²) in [6.07, 6.45) is 3.85. The molecule has 1 aliphatic carbocycles. The number of hydrogen-bond acceptors (Lipinski definition) is 6. The average Bonchev–Trinajstić information content (AvgIpc) is 3.24. The van der Waals surface area contributed by atoms with Crippen LogP contribution >= 0.6 is 11.3 Å². The van der Waals surface area contributed by atoms with Crippen molar-refractivity contribution < 1.29 is 4.79 Å². The molecule has 1 fully saturated rings. The summed E-state index contributed by atoms with van der Waals surface area (Å²) in [7, 11) is 4.01. The molecule has 32 heavy (non-hydrogen) atoms. The van der Waals surface area contributed by atoms with Gasteiger partial charge in [0.1, 0.15) is 5.82 Å². The maximum Gasteiger partial charge on any atom is 0.261 e. The number of thiophene rings is 1. The van der Waals surface area contributed by atoms with E-state index < -0.39 is 0 Å². The smallest absolute Gasteiger partial charge is 0.261 e. The minimum absolute atomic E-state index is 0.0381. The lowest BCUT2D eigenvalue weighted by Gasteiger charge is -2.29. The van der Waals surface area contributed by atoms with Crippen LogP contribution in [0.3, 0.4) is 0 Å². The zero-order valence-corrected chi connectivity index (χ0v) is 19.2. The maximum atomic E-state index is 12.7. The minimum atomic E-state index is 0.0381. The first-order valence-corrected chi connectivity index (χ1v) is 11.9. The molecule has 4 aromatic rings. The van der Waals surface area contributed by atoms with Gasteiger partial charge in [0.15, 0.2) is 0 Å². The second-order valence-corrected chi connectivity index (χ2v) is 9.68. The molecule has 6 nitrogen and oxygen atoms in total. The fourth-order valence-electron chi connectivity index (χ4n) is 4.38. The number of amides is 1. The molecule has 2 aromatic carbocycles. The molecule has 164 valence electrons. The van der Waals surface area contributed by atoms with Crippen LogP contribution in [0.2, 0.25) is 0 Å². The predicted octanol–water partition coefficient (Wildman–Crippen LogP) is 5.06. The van der Waals surface area contributed by atoms with Gasteiger partial charge in [0.25, 0.3) is 5.91 Å². The number of nitrogens with zero attached hydrogens (tertiary/aromatic N) is 3. The molecule has 2 heterocycles. The number of carbonyl (C=O) groups excluding carboxylic acids is 1. The zero-order valence-electron chi connectivity index (χ0n) is 18.3. The van der Waals surface area contributed by atoms with E-state index >= 15 is 0 Å². The van der Waals surface area contributed by atoms with Crippen LogP contribution in [0, 0.1) is 0 Å². The molecule has 0 spiro atoms. The van der Waals surface area contributed by atoms with Crippen molar-refractivity contribution in [2.24, 2.45) is 0 Å². The monoisotopic (exact) mass is 445 g/mol. The third-order valence-electron chi connectivity index (χ3n) is 6.05. The number of anilines is 2. The Morgan fingerprint density at radius 3 is 2.47 bits per heavy atom. The molecule has 1 amide bonds. The summed E-state index contributed by atoms with van der Waals surface area (Å²) in [5.74, 6) is 1.63. The largest absolute Gasteiger partial charge is 0.362 e. The number of carbonyl (C=O) groups is 1. The van der Waals surface area contributed by atoms with Gasteiger partial charge in [0, 0.05) is 36.3 Å². The highest BCUT2D eigenvalue weighted by Crippen LogP contribution is 2.28. The van der Waals surface area contributed by atoms with Crippen molar-refractivity contribution in [2.45, 2.75) is 37.8 Å². The predicted molar refractivity (Wildman–Crippen MR) is 133 cm³/mol. The van der Waals surface area contributed by atoms with Gasteiger partial charge in [0.05, 0.1) is 10.4 Å². The van der Waals surface area contributed by atoms with E-state index in [2.05, 4.69) is 28.8 Å². The molecular weight excluding hydrogens is 418 g/mol. The Morgan fingerprint density at radius 1 is 0.969 bits per heavy atom. The van der Waals surface area contributed by atoms with E-state index in [4.69, 9.17) is 9.97 Å². The Bertz CT molecular complexity index is 1230. The fraction of sp³-hybridized carbons (Fsp3) is 0.320. The lowest BCUT2D eigenvalue weighted by Crippen LogP contribution is -2.40. The van der Waals surface area contributed by atoms with Gasteiger partial charge in [-0.15, -0.1) is 11.3 Å². The minimum Gasteiger partial charge on any atom is -0.362 e. The summed E-state index contributed by atoms with van der Waals surface area (Å²) in [6, 6.07) is 18.7. The van der Waals surface area contributed by atoms with Gasteiger partial charge < -0.3 is 15.5 Å². The van der Waals surface area contributed by atoms with E-state index in [0.717, 1.165) is 57.4 Å². The Balaban J connectivity index is 1.21. The van der Waals surface area contributed by atoms with Crippen molar-refractivity contribution in [1.29, 1.82) is 0 Å². The average molecular weight is 446 g/mol. The Hall–Kier alpha value is -3.19. The first kappa shape index (κ1) is 20.7. The third-order valence-corrected chi connectivity index (χ3v) is 7.17. The number of nitrogens with one attached hydrogen (secondary N) is 2. The van der Waals surface area contributed by atoms with E-state index in [1.165, 1.54) is 0 Å². The second kappa shape index (κ2) is 8.74. The summed E-state index contributed by atoms with van der Waals surface area (Å²) >= 11 is 1.56. The Morgan fingerprint density at radius 2 is 1.69 bits per heavy atom. The molecule has 5 rings (SSSR count). The second-order valence-electron chi connectivity index (χ2n) is 8.60. The van der Waals surface area contributed by atoms with Gasteiger partial charge >= 0.3 is 0 Å². The van der Waals surface area contributed by atoms with Gasteiger partial charge in [-0.1, -0.05) is 30.3 Å². The van der Waals surface area contributed by atoms with Crippen molar-refractivity contribution in [3.05, 3.63) is 59.5 Å². The molecule has 0 atom stereocenters. The van der Waals surface area contributed by atoms with E-state index in [1.54, 1.807) is 11.3 Å². The normalized spacial score (nSPS) is 18.6. The van der Waals surface area contributed by atoms with E-state index in [-0.39, 0.29) is 11.9 Å². The van der Waals surface area contributed by atoms with Crippen molar-refractivity contribution in [2.75, 3.05) is 24.3 Å². The molecule has 1 aliphatic rings. The first-order chi connectivity index (χ1) is 15.6. The topological polar surface area (TPSA) is 70.2 Å². The standard InChI is InChI=1S/C25H27N5OS/c1-30(2)23-19-8-4-5-9-20(19)28-25(29-23)27-18-13-11-17(12-14-18)26-24(31)22-15-16-7-3-6-10-21(16)32-22/h3-10,15,17-18H,11-14H2,1-2H3,(H,26,31)(H,27,28,29). The van der Waals surface area contributed by atoms with Crippen molar-refractivity contribution in [3.63, 3.8) is 0 Å². The summed E-state index contributed by atoms with van der Waals surface area (Å²) in [6.45, 7) is 0. The highest BCUT2D eigenvalue weighted by Gasteiger charge is 2.24. The summed E-state index contributed by atoms with van der Waals surface area (Å²) in [4.78, 5) is 25.0. The molecule has 2 aromatic heterocycles. The van der Waals surface area contributed by atoms with Crippen LogP contribution < -0.4 is 15.5 Å². The van der Waals surface area contributed by atoms with Crippen molar-refractivity contribution in [3.8, 4) is 0 Å². The maximum absolute atomic E-state index is 12.7. The van der Waals surface area contributed by atoms with Crippen LogP contribution in [0.15, 0.2) is 54.6 Å². The van der Waals surface area contributed by atoms with Gasteiger partial charge in [-0.3, -0.25) is 4.79 Å². The third kappa shape index (κ3) is 4.25. The Labute approximate surface area is 191 Å². The van der Waals surface area contributed by atoms with Crippen LogP contribution in [0.4, 0.5) is 11.8 Å². The molecule has 7 heteroatoms. The number of aromatic nitrogens is 2. The lowest BCUT2D eigenvalue weighted by molar-refractivity contribution is 0.0930. The summed E-state index contributed by atoms with van der Waals surface area (Å²) < 4.78 is 1.15. The quantitative estimate of drug-likeness (QED) is 0.449. The Kier molecular flexibility index (Phi) is 5.66. The van der Waals surface area contributed by atoms with Crippen molar-refractivity contribution in [1.82, 2.24) is 15.3 Å². The SMILES string of the molecule is CN(C)c1nc(NC2CCC(NC(=O)c3cc4ccccc4s3)CC2)nc2ccccc12. The highest BCUT2D eigenvalue weighted by molar-refractivity contribution is 7.20. The van der Waals surface area contributed by atoms with Crippen LogP contribution in [0.25, 0.3) is 21.0 Å². The number of para-hydroxylation sites is 1. The van der Waals surface area contributed by atoms with Gasteiger partial charge in [-0.05, 0) is 55.3 Å². The van der Waals surface area contributed by atoms with Crippen LogP contribution in [0.5, 0.6) is 0 Å². The zero-order chi connectivity index (χ0) is 22.1. The van der Waals surface area contributed by atoms with Crippen LogP contribution in [-0.4, -0.2) is 42.1 Å². The number of fused-ring (bicyclic) bond motifs is 2. The number of hydrogen-bond donors (Lipinski definition) is 2. The molecule has 1 saturated carbocycles. The van der Waals surface area contributed by atoms with E-state index in [1.807, 2.05) is 55.4 Å². The van der Waals surface area contributed by atoms with Gasteiger partial charge in [0.2, 0.25) is 5.95 Å². The fourth-order valence-corrected chi connectivity index (χ4v) is 5.35. The molecule has 0 aliphatic heterocycles. The van der Waals surface area contributed by atoms with Gasteiger partial charge in [-0.2, -0.15) is 4.98 Å². The van der Waals surface area contributed by atoms with E-state index in [0.29, 0.717) is 12.0 Å².